The minimum atomic E-state index is -0.225. The molecule has 1 atom stereocenters. The molecule has 0 amide bonds. The first kappa shape index (κ1) is 12.0. The largest absolute Gasteiger partial charge is 0.421 e. The van der Waals surface area contributed by atoms with Crippen LogP contribution in [0.2, 0.25) is 0 Å². The zero-order chi connectivity index (χ0) is 10.7. The van der Waals surface area contributed by atoms with Gasteiger partial charge in [-0.3, -0.25) is 0 Å². The predicted molar refractivity (Wildman–Crippen MR) is 63.1 cm³/mol. The fraction of sp³-hybridized carbons (Fsp3) is 0.500. The maximum absolute atomic E-state index is 11.4. The van der Waals surface area contributed by atoms with Crippen LogP contribution in [0.4, 0.5) is 0 Å². The average Bonchev–Trinajstić information content (AvgIpc) is 2.48. The standard InChI is InChI=1S/C10H12Br2O2/c1-3-4-6(2)7-5-8(9(11)12)14-10(7)13/h5-6H,3-4H2,1-2H3. The van der Waals surface area contributed by atoms with Gasteiger partial charge in [0.1, 0.15) is 3.39 Å². The lowest BCUT2D eigenvalue weighted by atomic mass is 9.97. The highest BCUT2D eigenvalue weighted by atomic mass is 79.9. The van der Waals surface area contributed by atoms with Gasteiger partial charge in [0.25, 0.3) is 0 Å². The van der Waals surface area contributed by atoms with Gasteiger partial charge in [-0.25, -0.2) is 4.79 Å². The summed E-state index contributed by atoms with van der Waals surface area (Å²) in [7, 11) is 0. The number of cyclic esters (lactones) is 1. The van der Waals surface area contributed by atoms with Crippen LogP contribution in [0.15, 0.2) is 20.8 Å². The summed E-state index contributed by atoms with van der Waals surface area (Å²) < 4.78 is 5.74. The second-order valence-electron chi connectivity index (χ2n) is 3.30. The number of rotatable bonds is 3. The second kappa shape index (κ2) is 5.12. The molecule has 0 spiro atoms. The number of allylic oxidation sites excluding steroid dienone is 1. The fourth-order valence-corrected chi connectivity index (χ4v) is 1.80. The molecule has 0 aliphatic carbocycles. The molecule has 0 aromatic rings. The van der Waals surface area contributed by atoms with Gasteiger partial charge in [0.05, 0.1) is 0 Å². The van der Waals surface area contributed by atoms with Crippen LogP contribution in [-0.4, -0.2) is 5.97 Å². The van der Waals surface area contributed by atoms with Crippen molar-refractivity contribution >= 4 is 37.8 Å². The molecule has 0 bridgehead atoms. The molecule has 1 rings (SSSR count). The van der Waals surface area contributed by atoms with Gasteiger partial charge in [0.2, 0.25) is 0 Å². The van der Waals surface area contributed by atoms with Crippen molar-refractivity contribution in [3.8, 4) is 0 Å². The number of halogens is 2. The summed E-state index contributed by atoms with van der Waals surface area (Å²) >= 11 is 6.44. The first-order valence-electron chi connectivity index (χ1n) is 4.55. The molecule has 0 N–H and O–H groups in total. The minimum absolute atomic E-state index is 0.225. The molecule has 2 nitrogen and oxygen atoms in total. The van der Waals surface area contributed by atoms with Crippen LogP contribution in [0.25, 0.3) is 0 Å². The Morgan fingerprint density at radius 2 is 2.21 bits per heavy atom. The zero-order valence-electron chi connectivity index (χ0n) is 8.14. The lowest BCUT2D eigenvalue weighted by molar-refractivity contribution is -0.133. The molecule has 0 saturated carbocycles. The van der Waals surface area contributed by atoms with E-state index in [0.29, 0.717) is 9.15 Å². The number of carbonyl (C=O) groups is 1. The van der Waals surface area contributed by atoms with Gasteiger partial charge in [-0.15, -0.1) is 0 Å². The number of hydrogen-bond acceptors (Lipinski definition) is 2. The molecule has 1 heterocycles. The van der Waals surface area contributed by atoms with Crippen LogP contribution in [-0.2, 0) is 9.53 Å². The van der Waals surface area contributed by atoms with E-state index in [1.165, 1.54) is 0 Å². The van der Waals surface area contributed by atoms with Gasteiger partial charge >= 0.3 is 5.97 Å². The molecular weight excluding hydrogens is 312 g/mol. The first-order valence-corrected chi connectivity index (χ1v) is 6.14. The minimum Gasteiger partial charge on any atom is -0.421 e. The molecule has 0 fully saturated rings. The molecule has 14 heavy (non-hydrogen) atoms. The van der Waals surface area contributed by atoms with E-state index < -0.39 is 0 Å². The van der Waals surface area contributed by atoms with Crippen molar-refractivity contribution in [2.75, 3.05) is 0 Å². The van der Waals surface area contributed by atoms with Gasteiger partial charge in [-0.2, -0.15) is 0 Å². The van der Waals surface area contributed by atoms with E-state index in [2.05, 4.69) is 38.8 Å². The van der Waals surface area contributed by atoms with Crippen molar-refractivity contribution in [1.29, 1.82) is 0 Å². The SMILES string of the molecule is CCCC(C)C1=CC(=C(Br)Br)OC1=O. The summed E-state index contributed by atoms with van der Waals surface area (Å²) in [6.07, 6.45) is 3.87. The summed E-state index contributed by atoms with van der Waals surface area (Å²) in [5.74, 6) is 0.606. The predicted octanol–water partition coefficient (Wildman–Crippen LogP) is 3.86. The highest BCUT2D eigenvalue weighted by Crippen LogP contribution is 2.31. The van der Waals surface area contributed by atoms with Crippen molar-refractivity contribution in [1.82, 2.24) is 0 Å². The van der Waals surface area contributed by atoms with Gasteiger partial charge in [0.15, 0.2) is 5.76 Å². The summed E-state index contributed by atoms with van der Waals surface area (Å²) in [5.41, 5.74) is 0.762. The van der Waals surface area contributed by atoms with Gasteiger partial charge in [-0.05, 0) is 50.3 Å². The molecule has 0 aromatic heterocycles. The monoisotopic (exact) mass is 322 g/mol. The third-order valence-electron chi connectivity index (χ3n) is 2.16. The Kier molecular flexibility index (Phi) is 4.38. The van der Waals surface area contributed by atoms with Crippen molar-refractivity contribution < 1.29 is 9.53 Å². The number of hydrogen-bond donors (Lipinski definition) is 0. The van der Waals surface area contributed by atoms with Gasteiger partial charge < -0.3 is 4.74 Å². The molecule has 4 heteroatoms. The molecule has 1 aliphatic heterocycles. The summed E-state index contributed by atoms with van der Waals surface area (Å²) in [4.78, 5) is 11.4. The third-order valence-corrected chi connectivity index (χ3v) is 2.95. The van der Waals surface area contributed by atoms with Crippen LogP contribution in [0.1, 0.15) is 26.7 Å². The molecule has 1 aliphatic rings. The first-order chi connectivity index (χ1) is 6.56. The second-order valence-corrected chi connectivity index (χ2v) is 5.95. The quantitative estimate of drug-likeness (QED) is 0.737. The topological polar surface area (TPSA) is 26.3 Å². The Balaban J connectivity index is 2.84. The zero-order valence-corrected chi connectivity index (χ0v) is 11.3. The lowest BCUT2D eigenvalue weighted by Crippen LogP contribution is -2.07. The Labute approximate surface area is 101 Å². The summed E-state index contributed by atoms with van der Waals surface area (Å²) in [5, 5.41) is 0. The van der Waals surface area contributed by atoms with Crippen LogP contribution >= 0.6 is 31.9 Å². The van der Waals surface area contributed by atoms with E-state index in [0.717, 1.165) is 18.4 Å². The van der Waals surface area contributed by atoms with Crippen molar-refractivity contribution in [2.45, 2.75) is 26.7 Å². The maximum Gasteiger partial charge on any atom is 0.339 e. The molecular formula is C10H12Br2O2. The Bertz CT molecular complexity index is 301. The Hall–Kier alpha value is -0.0900. The molecule has 0 aromatic carbocycles. The number of esters is 1. The molecule has 1 unspecified atom stereocenters. The van der Waals surface area contributed by atoms with Crippen LogP contribution in [0.5, 0.6) is 0 Å². The van der Waals surface area contributed by atoms with Crippen molar-refractivity contribution in [3.63, 3.8) is 0 Å². The van der Waals surface area contributed by atoms with Crippen molar-refractivity contribution in [3.05, 3.63) is 20.8 Å². The smallest absolute Gasteiger partial charge is 0.339 e. The lowest BCUT2D eigenvalue weighted by Gasteiger charge is -2.07. The Morgan fingerprint density at radius 1 is 1.57 bits per heavy atom. The van der Waals surface area contributed by atoms with E-state index in [1.807, 2.05) is 6.92 Å². The van der Waals surface area contributed by atoms with E-state index >= 15 is 0 Å². The summed E-state index contributed by atoms with van der Waals surface area (Å²) in [6, 6.07) is 0. The van der Waals surface area contributed by atoms with Crippen LogP contribution < -0.4 is 0 Å². The molecule has 0 saturated heterocycles. The number of carbonyl (C=O) groups excluding carboxylic acids is 1. The van der Waals surface area contributed by atoms with E-state index in [1.54, 1.807) is 6.08 Å². The Morgan fingerprint density at radius 3 is 2.64 bits per heavy atom. The maximum atomic E-state index is 11.4. The van der Waals surface area contributed by atoms with E-state index in [4.69, 9.17) is 4.74 Å². The molecule has 0 radical (unpaired) electrons. The van der Waals surface area contributed by atoms with Gasteiger partial charge in [0, 0.05) is 5.57 Å². The van der Waals surface area contributed by atoms with Crippen molar-refractivity contribution in [2.24, 2.45) is 5.92 Å². The normalized spacial score (nSPS) is 17.9. The highest BCUT2D eigenvalue weighted by molar-refractivity contribution is 9.28. The summed E-state index contributed by atoms with van der Waals surface area (Å²) in [6.45, 7) is 4.15. The number of ether oxygens (including phenoxy) is 1. The third kappa shape index (κ3) is 2.70. The van der Waals surface area contributed by atoms with E-state index in [9.17, 15) is 4.79 Å². The van der Waals surface area contributed by atoms with Crippen LogP contribution in [0.3, 0.4) is 0 Å². The van der Waals surface area contributed by atoms with Gasteiger partial charge in [-0.1, -0.05) is 20.3 Å². The van der Waals surface area contributed by atoms with Crippen LogP contribution in [0, 0.1) is 5.92 Å². The fourth-order valence-electron chi connectivity index (χ4n) is 1.41. The molecule has 78 valence electrons. The van der Waals surface area contributed by atoms with E-state index in [-0.39, 0.29) is 11.9 Å². The average molecular weight is 324 g/mol. The highest BCUT2D eigenvalue weighted by Gasteiger charge is 2.26.